The van der Waals surface area contributed by atoms with Crippen LogP contribution in [0.2, 0.25) is 5.02 Å². The second-order valence-electron chi connectivity index (χ2n) is 11.2. The van der Waals surface area contributed by atoms with E-state index in [-0.39, 0.29) is 63.8 Å². The first-order valence-corrected chi connectivity index (χ1v) is 14.0. The summed E-state index contributed by atoms with van der Waals surface area (Å²) in [6.07, 6.45) is 0.615. The molecule has 14 heteroatoms. The van der Waals surface area contributed by atoms with E-state index in [1.54, 1.807) is 18.5 Å². The summed E-state index contributed by atoms with van der Waals surface area (Å²) in [6.45, 7) is 2.66. The first-order chi connectivity index (χ1) is 20.5. The van der Waals surface area contributed by atoms with E-state index in [1.807, 2.05) is 11.0 Å². The van der Waals surface area contributed by atoms with Crippen molar-refractivity contribution in [1.82, 2.24) is 20.2 Å². The van der Waals surface area contributed by atoms with Crippen LogP contribution in [0.5, 0.6) is 5.75 Å². The van der Waals surface area contributed by atoms with Crippen molar-refractivity contribution < 1.29 is 27.4 Å². The summed E-state index contributed by atoms with van der Waals surface area (Å²) in [5.41, 5.74) is 11.3. The Labute approximate surface area is 248 Å². The van der Waals surface area contributed by atoms with Crippen molar-refractivity contribution in [3.05, 3.63) is 74.9 Å². The third-order valence-corrected chi connectivity index (χ3v) is 8.57. The minimum absolute atomic E-state index is 0.0166. The summed E-state index contributed by atoms with van der Waals surface area (Å²) in [4.78, 5) is 14.7. The maximum Gasteiger partial charge on any atom is 0.418 e. The largest absolute Gasteiger partial charge is 0.463 e. The van der Waals surface area contributed by atoms with Crippen molar-refractivity contribution in [2.45, 2.75) is 38.6 Å². The van der Waals surface area contributed by atoms with E-state index in [0.29, 0.717) is 30.1 Å². The summed E-state index contributed by atoms with van der Waals surface area (Å²) < 4.78 is 61.2. The maximum atomic E-state index is 14.3. The number of hydrogen-bond donors (Lipinski definition) is 3. The monoisotopic (exact) mass is 613 g/mol. The number of rotatable bonds is 6. The molecular weight excluding hydrogens is 587 g/mol. The van der Waals surface area contributed by atoms with Gasteiger partial charge in [-0.3, -0.25) is 4.99 Å². The highest BCUT2D eigenvalue weighted by Gasteiger charge is 2.52. The molecule has 3 fully saturated rings. The first-order valence-electron chi connectivity index (χ1n) is 13.6. The number of pyridine rings is 2. The molecule has 1 aliphatic carbocycles. The number of ether oxygens (including phenoxy) is 3. The average Bonchev–Trinajstić information content (AvgIpc) is 3.50. The first kappa shape index (κ1) is 27.6. The molecule has 4 aliphatic heterocycles. The average molecular weight is 614 g/mol. The summed E-state index contributed by atoms with van der Waals surface area (Å²) in [7, 11) is 0. The van der Waals surface area contributed by atoms with Crippen molar-refractivity contribution in [3.8, 4) is 17.0 Å². The van der Waals surface area contributed by atoms with Crippen LogP contribution in [0.3, 0.4) is 0 Å². The quantitative estimate of drug-likeness (QED) is 0.382. The van der Waals surface area contributed by atoms with Gasteiger partial charge < -0.3 is 35.9 Å². The maximum absolute atomic E-state index is 14.3. The van der Waals surface area contributed by atoms with Gasteiger partial charge in [0, 0.05) is 22.7 Å². The fourth-order valence-electron chi connectivity index (χ4n) is 6.13. The van der Waals surface area contributed by atoms with Gasteiger partial charge in [-0.15, -0.1) is 0 Å². The molecule has 2 bridgehead atoms. The Bertz CT molecular complexity index is 1800. The van der Waals surface area contributed by atoms with E-state index in [2.05, 4.69) is 20.3 Å². The number of nitrogens with one attached hydrogen (secondary N) is 1. The zero-order chi connectivity index (χ0) is 30.1. The van der Waals surface area contributed by atoms with E-state index in [1.165, 1.54) is 19.1 Å². The smallest absolute Gasteiger partial charge is 0.418 e. The summed E-state index contributed by atoms with van der Waals surface area (Å²) in [6, 6.07) is 6.24. The number of nitrogen functional groups attached to an aromatic ring is 2. The van der Waals surface area contributed by atoms with Crippen molar-refractivity contribution in [2.24, 2.45) is 10.4 Å². The van der Waals surface area contributed by atoms with Gasteiger partial charge in [-0.1, -0.05) is 17.7 Å². The van der Waals surface area contributed by atoms with Crippen LogP contribution in [0.15, 0.2) is 47.6 Å². The van der Waals surface area contributed by atoms with Gasteiger partial charge in [-0.05, 0) is 43.5 Å². The van der Waals surface area contributed by atoms with Crippen LogP contribution in [0.1, 0.15) is 29.5 Å². The Morgan fingerprint density at radius 1 is 1.26 bits per heavy atom. The number of anilines is 2. The third-order valence-electron chi connectivity index (χ3n) is 8.19. The molecular formula is C29H27ClF3N7O3. The molecule has 0 unspecified atom stereocenters. The predicted octanol–water partition coefficient (Wildman–Crippen LogP) is 3.42. The highest BCUT2D eigenvalue weighted by atomic mass is 35.5. The van der Waals surface area contributed by atoms with Crippen LogP contribution >= 0.6 is 11.6 Å². The topological polar surface area (TPSA) is 133 Å². The van der Waals surface area contributed by atoms with Crippen molar-refractivity contribution in [1.29, 1.82) is 0 Å². The van der Waals surface area contributed by atoms with Gasteiger partial charge in [-0.25, -0.2) is 9.97 Å². The van der Waals surface area contributed by atoms with E-state index in [4.69, 9.17) is 37.3 Å². The summed E-state index contributed by atoms with van der Waals surface area (Å²) in [5, 5.41) is 3.95. The molecule has 2 aromatic heterocycles. The molecule has 1 aromatic carbocycles. The number of halogens is 4. The van der Waals surface area contributed by atoms with Crippen LogP contribution in [-0.4, -0.2) is 40.9 Å². The van der Waals surface area contributed by atoms with Crippen LogP contribution in [-0.2, 0) is 22.2 Å². The standard InChI is InChI=1S/C29H27ClF3N7O3/c1-14-5-19(34)39-24(22(14)29(31,32)33)17-6-18-21-25(23(17)30)37-13-38-27(21)40(9-15-3-2-4-36-26(15)35)10-20(43-18)42-12-28-7-16(8-28)41-11-28/h2-6,10,16,38H,7-9,11-13H2,1H3,(H2,34,39)(H2,35,36). The van der Waals surface area contributed by atoms with Crippen molar-refractivity contribution >= 4 is 29.1 Å². The van der Waals surface area contributed by atoms with Gasteiger partial charge in [-0.2, -0.15) is 13.2 Å². The molecule has 10 nitrogen and oxygen atoms in total. The lowest BCUT2D eigenvalue weighted by Crippen LogP contribution is -2.44. The number of alkyl halides is 3. The van der Waals surface area contributed by atoms with Crippen LogP contribution in [0.25, 0.3) is 17.1 Å². The number of fused-ring (bicyclic) bond motifs is 1. The molecule has 224 valence electrons. The van der Waals surface area contributed by atoms with E-state index in [0.717, 1.165) is 18.4 Å². The predicted molar refractivity (Wildman–Crippen MR) is 151 cm³/mol. The zero-order valence-electron chi connectivity index (χ0n) is 23.0. The number of nitrogens with zero attached hydrogens (tertiary/aromatic N) is 4. The number of benzene rings is 1. The Morgan fingerprint density at radius 2 is 2.07 bits per heavy atom. The van der Waals surface area contributed by atoms with Gasteiger partial charge >= 0.3 is 12.1 Å². The number of hydrogen-bond acceptors (Lipinski definition) is 10. The zero-order valence-corrected chi connectivity index (χ0v) is 23.7. The fourth-order valence-corrected chi connectivity index (χ4v) is 6.43. The lowest BCUT2D eigenvalue weighted by molar-refractivity contribution is -0.137. The van der Waals surface area contributed by atoms with Gasteiger partial charge in [0.05, 0.1) is 58.9 Å². The molecule has 5 aliphatic rings. The van der Waals surface area contributed by atoms with Gasteiger partial charge in [0.25, 0.3) is 0 Å². The van der Waals surface area contributed by atoms with Gasteiger partial charge in [0.2, 0.25) is 0 Å². The molecule has 2 saturated heterocycles. The van der Waals surface area contributed by atoms with Gasteiger partial charge in [0.15, 0.2) is 0 Å². The Balaban J connectivity index is 1.40. The molecule has 0 spiro atoms. The Hall–Kier alpha value is -4.23. The SMILES string of the molecule is Cc1cc(N)nc(-c2cc3c4c(c2Cl)=NCNC=4N(Cc2cccnc2N)C=C(OCC24COC(C2)C4)O3)c1C(F)(F)F. The third kappa shape index (κ3) is 4.76. The molecule has 5 N–H and O–H groups in total. The highest BCUT2D eigenvalue weighted by Crippen LogP contribution is 2.50. The molecule has 0 radical (unpaired) electrons. The van der Waals surface area contributed by atoms with E-state index >= 15 is 0 Å². The number of nitrogens with two attached hydrogens (primary N) is 2. The molecule has 0 atom stereocenters. The van der Waals surface area contributed by atoms with E-state index in [9.17, 15) is 13.2 Å². The summed E-state index contributed by atoms with van der Waals surface area (Å²) in [5.74, 6) is 1.17. The lowest BCUT2D eigenvalue weighted by Gasteiger charge is -2.34. The molecule has 0 amide bonds. The summed E-state index contributed by atoms with van der Waals surface area (Å²) >= 11 is 6.85. The molecule has 8 rings (SSSR count). The molecule has 1 saturated carbocycles. The minimum atomic E-state index is -4.72. The van der Waals surface area contributed by atoms with Crippen molar-refractivity contribution in [2.75, 3.05) is 31.3 Å². The van der Waals surface area contributed by atoms with Crippen LogP contribution in [0, 0.1) is 12.3 Å². The Kier molecular flexibility index (Phi) is 6.36. The van der Waals surface area contributed by atoms with Crippen LogP contribution in [0.4, 0.5) is 24.8 Å². The second kappa shape index (κ2) is 9.91. The fraction of sp³-hybridized carbons (Fsp3) is 0.345. The lowest BCUT2D eigenvalue weighted by atomic mass is 9.71. The van der Waals surface area contributed by atoms with Crippen molar-refractivity contribution in [3.63, 3.8) is 0 Å². The number of aryl methyl sites for hydroxylation is 1. The minimum Gasteiger partial charge on any atom is -0.463 e. The Morgan fingerprint density at radius 3 is 2.79 bits per heavy atom. The molecule has 6 heterocycles. The van der Waals surface area contributed by atoms with E-state index < -0.39 is 17.4 Å². The molecule has 3 aromatic rings. The highest BCUT2D eigenvalue weighted by molar-refractivity contribution is 6.33. The van der Waals surface area contributed by atoms with Gasteiger partial charge in [0.1, 0.15) is 29.9 Å². The van der Waals surface area contributed by atoms with Crippen LogP contribution < -0.4 is 32.1 Å². The molecule has 43 heavy (non-hydrogen) atoms. The number of aromatic nitrogens is 2. The second-order valence-corrected chi connectivity index (χ2v) is 11.6. The normalized spacial score (nSPS) is 22.0.